The Morgan fingerprint density at radius 3 is 2.67 bits per heavy atom. The summed E-state index contributed by atoms with van der Waals surface area (Å²) in [4.78, 5) is 4.71. The maximum Gasteiger partial charge on any atom is 0.0705 e. The lowest BCUT2D eigenvalue weighted by molar-refractivity contribution is 0.883. The summed E-state index contributed by atoms with van der Waals surface area (Å²) in [6.45, 7) is 4.39. The third kappa shape index (κ3) is 2.01. The summed E-state index contributed by atoms with van der Waals surface area (Å²) in [5.74, 6) is 0. The van der Waals surface area contributed by atoms with Crippen molar-refractivity contribution in [2.75, 3.05) is 0 Å². The molecule has 0 saturated heterocycles. The van der Waals surface area contributed by atoms with Gasteiger partial charge in [-0.3, -0.25) is 4.98 Å². The number of pyridine rings is 1. The van der Waals surface area contributed by atoms with Crippen molar-refractivity contribution in [3.8, 4) is 0 Å². The van der Waals surface area contributed by atoms with Gasteiger partial charge in [-0.25, -0.2) is 0 Å². The van der Waals surface area contributed by atoms with Gasteiger partial charge in [0, 0.05) is 11.1 Å². The number of hydrogen-bond donors (Lipinski definition) is 0. The summed E-state index contributed by atoms with van der Waals surface area (Å²) >= 11 is 0. The molecule has 1 heterocycles. The molecule has 0 N–H and O–H groups in total. The van der Waals surface area contributed by atoms with E-state index in [1.807, 2.05) is 6.07 Å². The van der Waals surface area contributed by atoms with E-state index in [-0.39, 0.29) is 0 Å². The normalized spacial score (nSPS) is 10.8. The minimum atomic E-state index is 1.03. The smallest absolute Gasteiger partial charge is 0.0705 e. The minimum Gasteiger partial charge on any atom is -0.253 e. The molecule has 2 rings (SSSR count). The van der Waals surface area contributed by atoms with E-state index in [4.69, 9.17) is 4.98 Å². The van der Waals surface area contributed by atoms with Gasteiger partial charge in [0.05, 0.1) is 5.52 Å². The SMILES string of the molecule is CCCc1cc2ccccc2nc1CC. The number of nitrogens with zero attached hydrogens (tertiary/aromatic N) is 1. The van der Waals surface area contributed by atoms with Crippen molar-refractivity contribution in [3.05, 3.63) is 41.6 Å². The predicted molar refractivity (Wildman–Crippen MR) is 65.1 cm³/mol. The summed E-state index contributed by atoms with van der Waals surface area (Å²) in [6.07, 6.45) is 3.36. The van der Waals surface area contributed by atoms with Crippen LogP contribution in [-0.4, -0.2) is 4.98 Å². The van der Waals surface area contributed by atoms with Crippen molar-refractivity contribution in [3.63, 3.8) is 0 Å². The van der Waals surface area contributed by atoms with Crippen LogP contribution in [0.3, 0.4) is 0 Å². The summed E-state index contributed by atoms with van der Waals surface area (Å²) in [6, 6.07) is 10.6. The first-order chi connectivity index (χ1) is 7.35. The van der Waals surface area contributed by atoms with Gasteiger partial charge in [-0.2, -0.15) is 0 Å². The summed E-state index contributed by atoms with van der Waals surface area (Å²) in [5, 5.41) is 1.26. The molecular weight excluding hydrogens is 182 g/mol. The van der Waals surface area contributed by atoms with Gasteiger partial charge in [-0.1, -0.05) is 38.5 Å². The van der Waals surface area contributed by atoms with E-state index in [0.717, 1.165) is 18.4 Å². The van der Waals surface area contributed by atoms with Gasteiger partial charge in [0.2, 0.25) is 0 Å². The summed E-state index contributed by atoms with van der Waals surface area (Å²) in [7, 11) is 0. The van der Waals surface area contributed by atoms with Gasteiger partial charge < -0.3 is 0 Å². The lowest BCUT2D eigenvalue weighted by Gasteiger charge is -2.07. The molecule has 0 spiro atoms. The molecule has 1 nitrogen and oxygen atoms in total. The van der Waals surface area contributed by atoms with E-state index in [1.165, 1.54) is 23.1 Å². The van der Waals surface area contributed by atoms with Gasteiger partial charge in [0.15, 0.2) is 0 Å². The largest absolute Gasteiger partial charge is 0.253 e. The molecule has 0 atom stereocenters. The zero-order chi connectivity index (χ0) is 10.7. The number of rotatable bonds is 3. The molecule has 0 fully saturated rings. The van der Waals surface area contributed by atoms with Crippen molar-refractivity contribution >= 4 is 10.9 Å². The Labute approximate surface area is 91.2 Å². The number of hydrogen-bond acceptors (Lipinski definition) is 1. The third-order valence-electron chi connectivity index (χ3n) is 2.75. The van der Waals surface area contributed by atoms with Crippen LogP contribution in [0.2, 0.25) is 0 Å². The van der Waals surface area contributed by atoms with E-state index in [2.05, 4.69) is 38.1 Å². The van der Waals surface area contributed by atoms with Crippen LogP contribution in [0.4, 0.5) is 0 Å². The van der Waals surface area contributed by atoms with Crippen LogP contribution in [-0.2, 0) is 12.8 Å². The molecule has 0 bridgehead atoms. The molecule has 2 aromatic rings. The van der Waals surface area contributed by atoms with E-state index in [1.54, 1.807) is 0 Å². The van der Waals surface area contributed by atoms with E-state index in [0.29, 0.717) is 0 Å². The fraction of sp³-hybridized carbons (Fsp3) is 0.357. The van der Waals surface area contributed by atoms with Crippen LogP contribution in [0.5, 0.6) is 0 Å². The molecular formula is C14H17N. The van der Waals surface area contributed by atoms with E-state index >= 15 is 0 Å². The first kappa shape index (κ1) is 10.2. The Morgan fingerprint density at radius 1 is 1.13 bits per heavy atom. The molecule has 0 amide bonds. The molecule has 1 heteroatoms. The zero-order valence-electron chi connectivity index (χ0n) is 9.46. The lowest BCUT2D eigenvalue weighted by Crippen LogP contribution is -1.97. The topological polar surface area (TPSA) is 12.9 Å². The second-order valence-corrected chi connectivity index (χ2v) is 3.89. The molecule has 1 aromatic heterocycles. The average Bonchev–Trinajstić information content (AvgIpc) is 2.28. The summed E-state index contributed by atoms with van der Waals surface area (Å²) < 4.78 is 0. The molecule has 1 aromatic carbocycles. The highest BCUT2D eigenvalue weighted by Gasteiger charge is 2.03. The zero-order valence-corrected chi connectivity index (χ0v) is 9.46. The first-order valence-corrected chi connectivity index (χ1v) is 5.72. The highest BCUT2D eigenvalue weighted by Crippen LogP contribution is 2.18. The highest BCUT2D eigenvalue weighted by atomic mass is 14.7. The van der Waals surface area contributed by atoms with E-state index < -0.39 is 0 Å². The van der Waals surface area contributed by atoms with Crippen LogP contribution >= 0.6 is 0 Å². The Morgan fingerprint density at radius 2 is 1.93 bits per heavy atom. The molecule has 78 valence electrons. The second kappa shape index (κ2) is 4.43. The number of aromatic nitrogens is 1. The minimum absolute atomic E-state index is 1.03. The molecule has 0 saturated carbocycles. The van der Waals surface area contributed by atoms with E-state index in [9.17, 15) is 0 Å². The number of benzene rings is 1. The van der Waals surface area contributed by atoms with Crippen molar-refractivity contribution in [1.82, 2.24) is 4.98 Å². The first-order valence-electron chi connectivity index (χ1n) is 5.72. The van der Waals surface area contributed by atoms with Crippen molar-refractivity contribution < 1.29 is 0 Å². The highest BCUT2D eigenvalue weighted by molar-refractivity contribution is 5.79. The maximum absolute atomic E-state index is 4.71. The molecule has 0 aliphatic rings. The number of para-hydroxylation sites is 1. The van der Waals surface area contributed by atoms with Crippen LogP contribution < -0.4 is 0 Å². The van der Waals surface area contributed by atoms with Crippen LogP contribution in [0, 0.1) is 0 Å². The quantitative estimate of drug-likeness (QED) is 0.733. The Bertz CT molecular complexity index is 460. The molecule has 0 aliphatic heterocycles. The molecule has 0 unspecified atom stereocenters. The second-order valence-electron chi connectivity index (χ2n) is 3.89. The number of aryl methyl sites for hydroxylation is 2. The molecule has 0 radical (unpaired) electrons. The Hall–Kier alpha value is -1.37. The van der Waals surface area contributed by atoms with Crippen molar-refractivity contribution in [2.24, 2.45) is 0 Å². The van der Waals surface area contributed by atoms with Crippen LogP contribution in [0.1, 0.15) is 31.5 Å². The summed E-state index contributed by atoms with van der Waals surface area (Å²) in [5.41, 5.74) is 3.79. The number of fused-ring (bicyclic) bond motifs is 1. The average molecular weight is 199 g/mol. The van der Waals surface area contributed by atoms with Crippen molar-refractivity contribution in [1.29, 1.82) is 0 Å². The fourth-order valence-electron chi connectivity index (χ4n) is 1.99. The van der Waals surface area contributed by atoms with Crippen LogP contribution in [0.25, 0.3) is 10.9 Å². The lowest BCUT2D eigenvalue weighted by atomic mass is 10.0. The van der Waals surface area contributed by atoms with Gasteiger partial charge in [0.1, 0.15) is 0 Å². The maximum atomic E-state index is 4.71. The molecule has 15 heavy (non-hydrogen) atoms. The Balaban J connectivity index is 2.58. The third-order valence-corrected chi connectivity index (χ3v) is 2.75. The van der Waals surface area contributed by atoms with Gasteiger partial charge in [0.25, 0.3) is 0 Å². The van der Waals surface area contributed by atoms with Gasteiger partial charge in [-0.15, -0.1) is 0 Å². The van der Waals surface area contributed by atoms with Crippen LogP contribution in [0.15, 0.2) is 30.3 Å². The molecule has 0 aliphatic carbocycles. The predicted octanol–water partition coefficient (Wildman–Crippen LogP) is 3.75. The van der Waals surface area contributed by atoms with Crippen molar-refractivity contribution in [2.45, 2.75) is 33.1 Å². The fourth-order valence-corrected chi connectivity index (χ4v) is 1.99. The standard InChI is InChI=1S/C14H17N/c1-3-7-11-10-12-8-5-6-9-14(12)15-13(11)4-2/h5-6,8-10H,3-4,7H2,1-2H3. The van der Waals surface area contributed by atoms with Gasteiger partial charge in [-0.05, 0) is 30.5 Å². The monoisotopic (exact) mass is 199 g/mol. The Kier molecular flexibility index (Phi) is 3.00. The van der Waals surface area contributed by atoms with Gasteiger partial charge >= 0.3 is 0 Å².